The monoisotopic (exact) mass is 630 g/mol. The molecule has 0 spiro atoms. The summed E-state index contributed by atoms with van der Waals surface area (Å²) < 4.78 is 22.2. The van der Waals surface area contributed by atoms with E-state index in [-0.39, 0.29) is 6.04 Å². The van der Waals surface area contributed by atoms with Gasteiger partial charge in [0.05, 0.1) is 0 Å². The first-order chi connectivity index (χ1) is 19.6. The zero-order valence-corrected chi connectivity index (χ0v) is 24.4. The highest BCUT2D eigenvalue weighted by Crippen LogP contribution is 2.53. The van der Waals surface area contributed by atoms with Gasteiger partial charge < -0.3 is 46.3 Å². The van der Waals surface area contributed by atoms with Crippen LogP contribution in [0.15, 0.2) is 72.8 Å². The van der Waals surface area contributed by atoms with E-state index in [2.05, 4.69) is 64.5 Å². The summed E-state index contributed by atoms with van der Waals surface area (Å²) in [5.41, 5.74) is 14.4. The number of carboxylic acids is 1. The molecule has 3 aromatic carbocycles. The van der Waals surface area contributed by atoms with Gasteiger partial charge in [-0.3, -0.25) is 4.79 Å². The number of primary amides is 1. The summed E-state index contributed by atoms with van der Waals surface area (Å²) in [6.45, 7) is 2.48. The molecular weight excluding hydrogens is 594 g/mol. The van der Waals surface area contributed by atoms with Gasteiger partial charge in [-0.15, -0.1) is 0 Å². The molecule has 0 aliphatic rings. The number of fused-ring (bicyclic) bond motifs is 1. The quantitative estimate of drug-likeness (QED) is 0.0791. The molecule has 0 aliphatic heterocycles. The van der Waals surface area contributed by atoms with Gasteiger partial charge in [0.1, 0.15) is 6.04 Å². The minimum Gasteiger partial charge on any atom is -0.480 e. The Balaban J connectivity index is 0.000000358. The minimum atomic E-state index is -5.05. The normalized spacial score (nSPS) is 12.5. The van der Waals surface area contributed by atoms with Crippen molar-refractivity contribution in [1.82, 2.24) is 10.8 Å². The number of hydroxylamine groups is 1. The highest BCUT2D eigenvalue weighted by atomic mass is 31.3. The second-order valence-electron chi connectivity index (χ2n) is 8.73. The molecule has 232 valence electrons. The largest absolute Gasteiger partial charge is 0.480 e. The second-order valence-corrected chi connectivity index (χ2v) is 11.3. The Morgan fingerprint density at radius 2 is 1.48 bits per heavy atom. The number of hydrogen-bond acceptors (Lipinski definition) is 8. The van der Waals surface area contributed by atoms with Crippen molar-refractivity contribution in [1.29, 1.82) is 0 Å². The molecule has 17 heteroatoms. The Morgan fingerprint density at radius 1 is 0.905 bits per heavy atom. The maximum absolute atomic E-state index is 10.2. The highest BCUT2D eigenvalue weighted by molar-refractivity contribution is 7.60. The molecule has 0 radical (unpaired) electrons. The van der Waals surface area contributed by atoms with Gasteiger partial charge in [0.15, 0.2) is 5.75 Å². The van der Waals surface area contributed by atoms with Gasteiger partial charge >= 0.3 is 27.6 Å². The van der Waals surface area contributed by atoms with Gasteiger partial charge in [-0.25, -0.2) is 13.9 Å². The van der Waals surface area contributed by atoms with Gasteiger partial charge in [0.25, 0.3) is 0 Å². The van der Waals surface area contributed by atoms with Crippen molar-refractivity contribution >= 4 is 38.4 Å². The maximum Gasteiger partial charge on any atom is 0.478 e. The molecule has 3 aromatic rings. The Bertz CT molecular complexity index is 1330. The van der Waals surface area contributed by atoms with Crippen LogP contribution < -0.4 is 27.1 Å². The second kappa shape index (κ2) is 18.2. The minimum absolute atomic E-state index is 0.242. The number of carboxylic acid groups (broad SMARTS) is 1. The fourth-order valence-electron chi connectivity index (χ4n) is 3.25. The van der Waals surface area contributed by atoms with Crippen molar-refractivity contribution in [3.63, 3.8) is 0 Å². The first-order valence-corrected chi connectivity index (χ1v) is 15.4. The maximum atomic E-state index is 10.2. The fraction of sp³-hybridized carbons (Fsp3) is 0.280. The van der Waals surface area contributed by atoms with Gasteiger partial charge in [-0.05, 0) is 43.2 Å². The molecule has 0 fully saturated rings. The Labute approximate surface area is 242 Å². The lowest BCUT2D eigenvalue weighted by molar-refractivity contribution is -0.138. The Hall–Kier alpha value is -3.36. The zero-order valence-electron chi connectivity index (χ0n) is 22.6. The van der Waals surface area contributed by atoms with E-state index >= 15 is 0 Å². The summed E-state index contributed by atoms with van der Waals surface area (Å²) >= 11 is 0. The number of hydrogen-bond donors (Lipinski definition) is 9. The molecule has 0 aliphatic carbocycles. The standard InChI is InChI=1S/C19H19NO.C6H13N3O3.H4O7P2/c1-15(14-16-8-3-2-4-9-16)20-21-19-13-7-11-17-10-5-6-12-18(17)19;7-4(5(10)11)2-1-3-9-6(8)12;1-8(2,3)7-9(4,5)6/h2-13,15,20H,14H2,1H3;4H,1-3,7H2,(H,10,11)(H3,8,9,12);(H2,1,2,3)(H2,4,5,6). The number of nitrogens with two attached hydrogens (primary N) is 2. The van der Waals surface area contributed by atoms with Crippen molar-refractivity contribution in [2.75, 3.05) is 6.54 Å². The van der Waals surface area contributed by atoms with Gasteiger partial charge in [-0.2, -0.15) is 9.79 Å². The Morgan fingerprint density at radius 3 is 2.02 bits per heavy atom. The summed E-state index contributed by atoms with van der Waals surface area (Å²) in [6, 6.07) is 23.5. The van der Waals surface area contributed by atoms with Gasteiger partial charge in [-0.1, -0.05) is 66.7 Å². The molecule has 42 heavy (non-hydrogen) atoms. The van der Waals surface area contributed by atoms with Crippen LogP contribution in [0.1, 0.15) is 25.3 Å². The molecule has 0 heterocycles. The topological polar surface area (TPSA) is 264 Å². The third-order valence-electron chi connectivity index (χ3n) is 5.03. The van der Waals surface area contributed by atoms with Crippen LogP contribution in [0.5, 0.6) is 5.75 Å². The number of urea groups is 1. The van der Waals surface area contributed by atoms with Crippen molar-refractivity contribution in [2.24, 2.45) is 11.5 Å². The fourth-order valence-corrected chi connectivity index (χ4v) is 4.36. The first-order valence-electron chi connectivity index (χ1n) is 12.4. The number of phosphoric acid groups is 2. The van der Waals surface area contributed by atoms with E-state index in [4.69, 9.17) is 41.0 Å². The van der Waals surface area contributed by atoms with E-state index in [1.54, 1.807) is 0 Å². The van der Waals surface area contributed by atoms with Crippen molar-refractivity contribution < 1.29 is 52.5 Å². The van der Waals surface area contributed by atoms with Crippen molar-refractivity contribution in [3.8, 4) is 5.75 Å². The predicted molar refractivity (Wildman–Crippen MR) is 155 cm³/mol. The number of aliphatic carboxylic acids is 1. The lowest BCUT2D eigenvalue weighted by Gasteiger charge is -2.15. The van der Waals surface area contributed by atoms with Crippen LogP contribution in [0, 0.1) is 0 Å². The van der Waals surface area contributed by atoms with E-state index in [1.165, 1.54) is 10.9 Å². The lowest BCUT2D eigenvalue weighted by atomic mass is 10.1. The predicted octanol–water partition coefficient (Wildman–Crippen LogP) is 2.39. The van der Waals surface area contributed by atoms with Crippen LogP contribution in [-0.2, 0) is 24.7 Å². The van der Waals surface area contributed by atoms with Crippen molar-refractivity contribution in [3.05, 3.63) is 78.4 Å². The van der Waals surface area contributed by atoms with Crippen LogP contribution in [0.25, 0.3) is 10.8 Å². The van der Waals surface area contributed by atoms with Crippen LogP contribution in [0.4, 0.5) is 4.79 Å². The molecule has 15 nitrogen and oxygen atoms in total. The smallest absolute Gasteiger partial charge is 0.478 e. The molecule has 11 N–H and O–H groups in total. The van der Waals surface area contributed by atoms with Crippen LogP contribution in [0.2, 0.25) is 0 Å². The van der Waals surface area contributed by atoms with Crippen LogP contribution in [-0.4, -0.2) is 55.3 Å². The Kier molecular flexibility index (Phi) is 15.9. The van der Waals surface area contributed by atoms with Crippen LogP contribution >= 0.6 is 15.6 Å². The summed E-state index contributed by atoms with van der Waals surface area (Å²) in [6.07, 6.45) is 1.78. The molecular formula is C25H36N4O11P2. The molecule has 0 saturated heterocycles. The molecule has 2 atom stereocenters. The summed E-state index contributed by atoms with van der Waals surface area (Å²) in [7, 11) is -10.1. The molecule has 0 saturated carbocycles. The number of amides is 2. The lowest BCUT2D eigenvalue weighted by Crippen LogP contribution is -2.33. The number of carbonyl (C=O) groups is 2. The number of benzene rings is 3. The molecule has 0 bridgehead atoms. The van der Waals surface area contributed by atoms with Gasteiger partial charge in [0, 0.05) is 18.0 Å². The van der Waals surface area contributed by atoms with E-state index in [1.807, 2.05) is 30.3 Å². The van der Waals surface area contributed by atoms with Crippen LogP contribution in [0.3, 0.4) is 0 Å². The van der Waals surface area contributed by atoms with E-state index < -0.39 is 33.7 Å². The highest BCUT2D eigenvalue weighted by Gasteiger charge is 2.28. The number of rotatable bonds is 12. The molecule has 2 unspecified atom stereocenters. The van der Waals surface area contributed by atoms with E-state index in [9.17, 15) is 18.7 Å². The average Bonchev–Trinajstić information content (AvgIpc) is 2.89. The first kappa shape index (κ1) is 36.7. The third-order valence-corrected chi connectivity index (χ3v) is 6.73. The van der Waals surface area contributed by atoms with E-state index in [0.29, 0.717) is 19.4 Å². The molecule has 0 aromatic heterocycles. The molecule has 2 amide bonds. The van der Waals surface area contributed by atoms with Crippen molar-refractivity contribution in [2.45, 2.75) is 38.3 Å². The summed E-state index contributed by atoms with van der Waals surface area (Å²) in [5.74, 6) is -0.165. The van der Waals surface area contributed by atoms with E-state index in [0.717, 1.165) is 17.6 Å². The summed E-state index contributed by atoms with van der Waals surface area (Å²) in [5, 5.41) is 13.0. The van der Waals surface area contributed by atoms with Gasteiger partial charge in [0.2, 0.25) is 0 Å². The number of carbonyl (C=O) groups excluding carboxylic acids is 1. The summed E-state index contributed by atoms with van der Waals surface area (Å²) in [4.78, 5) is 57.1. The SMILES string of the molecule is CC(Cc1ccccc1)NOc1cccc2ccccc12.NC(=O)NCCCC(N)C(=O)O.O=P(O)(O)OP(=O)(O)O. The average molecular weight is 631 g/mol. The zero-order chi connectivity index (χ0) is 31.8. The molecule has 3 rings (SSSR count). The third kappa shape index (κ3) is 17.5. The number of nitrogens with one attached hydrogen (secondary N) is 2.